The Hall–Kier alpha value is -2.24. The Morgan fingerprint density at radius 2 is 1.74 bits per heavy atom. The minimum absolute atomic E-state index is 0.0955. The molecule has 0 radical (unpaired) electrons. The largest absolute Gasteiger partial charge is 0.481 e. The lowest BCUT2D eigenvalue weighted by Gasteiger charge is -2.16. The predicted octanol–water partition coefficient (Wildman–Crippen LogP) is 1.52. The number of carboxylic acid groups (broad SMARTS) is 2. The highest BCUT2D eigenvalue weighted by molar-refractivity contribution is 5.93. The molecule has 0 atom stereocenters. The lowest BCUT2D eigenvalue weighted by atomic mass is 9.99. The summed E-state index contributed by atoms with van der Waals surface area (Å²) >= 11 is 0. The van der Waals surface area contributed by atoms with Crippen molar-refractivity contribution in [2.24, 2.45) is 5.92 Å². The first-order valence-corrected chi connectivity index (χ1v) is 5.75. The fourth-order valence-corrected chi connectivity index (χ4v) is 1.91. The molecule has 2 rings (SSSR count). The second-order valence-electron chi connectivity index (χ2n) is 4.82. The summed E-state index contributed by atoms with van der Waals surface area (Å²) in [5, 5.41) is 17.7. The maximum Gasteiger partial charge on any atom is 0.318 e. The van der Waals surface area contributed by atoms with E-state index in [0.717, 1.165) is 0 Å². The van der Waals surface area contributed by atoms with E-state index in [1.165, 1.54) is 0 Å². The SMILES string of the molecule is CC1(C)Oc2ccc(CC(C(=O)O)C(=O)O)cc2O1. The number of hydrogen-bond donors (Lipinski definition) is 2. The molecule has 2 N–H and O–H groups in total. The van der Waals surface area contributed by atoms with Crippen LogP contribution in [0.25, 0.3) is 0 Å². The van der Waals surface area contributed by atoms with Gasteiger partial charge in [-0.25, -0.2) is 0 Å². The highest BCUT2D eigenvalue weighted by Gasteiger charge is 2.32. The predicted molar refractivity (Wildman–Crippen MR) is 64.2 cm³/mol. The lowest BCUT2D eigenvalue weighted by molar-refractivity contribution is -0.154. The molecule has 0 spiro atoms. The van der Waals surface area contributed by atoms with Crippen LogP contribution >= 0.6 is 0 Å². The average Bonchev–Trinajstić information content (AvgIpc) is 2.57. The van der Waals surface area contributed by atoms with E-state index in [0.29, 0.717) is 17.1 Å². The normalized spacial score (nSPS) is 15.5. The fraction of sp³-hybridized carbons (Fsp3) is 0.385. The summed E-state index contributed by atoms with van der Waals surface area (Å²) in [6, 6.07) is 4.91. The maximum atomic E-state index is 10.8. The highest BCUT2D eigenvalue weighted by Crippen LogP contribution is 2.39. The molecule has 102 valence electrons. The summed E-state index contributed by atoms with van der Waals surface area (Å²) in [7, 11) is 0. The Kier molecular flexibility index (Phi) is 3.09. The van der Waals surface area contributed by atoms with E-state index in [2.05, 4.69) is 0 Å². The van der Waals surface area contributed by atoms with Gasteiger partial charge in [0.25, 0.3) is 0 Å². The summed E-state index contributed by atoms with van der Waals surface area (Å²) in [6.45, 7) is 3.51. The molecule has 0 bridgehead atoms. The standard InChI is InChI=1S/C13H14O6/c1-13(2)18-9-4-3-7(6-10(9)19-13)5-8(11(14)15)12(16)17/h3-4,6,8H,5H2,1-2H3,(H,14,15)(H,16,17). The minimum atomic E-state index is -1.46. The lowest BCUT2D eigenvalue weighted by Crippen LogP contribution is -2.29. The van der Waals surface area contributed by atoms with Crippen molar-refractivity contribution in [2.75, 3.05) is 0 Å². The Bertz CT molecular complexity index is 520. The van der Waals surface area contributed by atoms with Gasteiger partial charge >= 0.3 is 11.9 Å². The van der Waals surface area contributed by atoms with Crippen molar-refractivity contribution >= 4 is 11.9 Å². The van der Waals surface area contributed by atoms with Crippen molar-refractivity contribution in [2.45, 2.75) is 26.1 Å². The van der Waals surface area contributed by atoms with Crippen molar-refractivity contribution in [1.29, 1.82) is 0 Å². The Balaban J connectivity index is 2.20. The molecule has 1 aliphatic heterocycles. The van der Waals surface area contributed by atoms with E-state index >= 15 is 0 Å². The highest BCUT2D eigenvalue weighted by atomic mass is 16.7. The molecular formula is C13H14O6. The number of fused-ring (bicyclic) bond motifs is 1. The van der Waals surface area contributed by atoms with Crippen molar-refractivity contribution in [1.82, 2.24) is 0 Å². The molecule has 0 unspecified atom stereocenters. The van der Waals surface area contributed by atoms with Crippen molar-refractivity contribution in [3.05, 3.63) is 23.8 Å². The van der Waals surface area contributed by atoms with E-state index in [9.17, 15) is 9.59 Å². The van der Waals surface area contributed by atoms with E-state index in [1.807, 2.05) is 0 Å². The third-order valence-corrected chi connectivity index (χ3v) is 2.76. The van der Waals surface area contributed by atoms with Crippen LogP contribution in [-0.2, 0) is 16.0 Å². The van der Waals surface area contributed by atoms with E-state index < -0.39 is 23.6 Å². The molecule has 1 aliphatic rings. The fourth-order valence-electron chi connectivity index (χ4n) is 1.91. The van der Waals surface area contributed by atoms with E-state index in [-0.39, 0.29) is 6.42 Å². The molecule has 6 nitrogen and oxygen atoms in total. The third-order valence-electron chi connectivity index (χ3n) is 2.76. The van der Waals surface area contributed by atoms with Gasteiger partial charge in [0, 0.05) is 13.8 Å². The van der Waals surface area contributed by atoms with Gasteiger partial charge in [0.15, 0.2) is 17.4 Å². The van der Waals surface area contributed by atoms with Gasteiger partial charge in [-0.05, 0) is 24.1 Å². The number of carboxylic acids is 2. The molecule has 1 heterocycles. The zero-order chi connectivity index (χ0) is 14.2. The van der Waals surface area contributed by atoms with Crippen molar-refractivity contribution in [3.63, 3.8) is 0 Å². The number of carbonyl (C=O) groups is 2. The summed E-state index contributed by atoms with van der Waals surface area (Å²) < 4.78 is 11.0. The molecule has 1 aromatic carbocycles. The molecule has 0 fully saturated rings. The third kappa shape index (κ3) is 2.78. The molecule has 0 aliphatic carbocycles. The molecular weight excluding hydrogens is 252 g/mol. The van der Waals surface area contributed by atoms with Crippen LogP contribution in [0.4, 0.5) is 0 Å². The molecule has 0 saturated heterocycles. The van der Waals surface area contributed by atoms with Crippen LogP contribution in [0.3, 0.4) is 0 Å². The molecule has 0 saturated carbocycles. The van der Waals surface area contributed by atoms with Crippen LogP contribution in [0.2, 0.25) is 0 Å². The zero-order valence-corrected chi connectivity index (χ0v) is 10.5. The Morgan fingerprint density at radius 1 is 1.16 bits per heavy atom. The average molecular weight is 266 g/mol. The number of benzene rings is 1. The smallest absolute Gasteiger partial charge is 0.318 e. The van der Waals surface area contributed by atoms with Gasteiger partial charge in [0.05, 0.1) is 0 Å². The van der Waals surface area contributed by atoms with Crippen LogP contribution in [-0.4, -0.2) is 27.9 Å². The van der Waals surface area contributed by atoms with Crippen LogP contribution < -0.4 is 9.47 Å². The monoisotopic (exact) mass is 266 g/mol. The van der Waals surface area contributed by atoms with Gasteiger partial charge in [0.2, 0.25) is 5.79 Å². The Morgan fingerprint density at radius 3 is 2.32 bits per heavy atom. The number of ether oxygens (including phenoxy) is 2. The number of hydrogen-bond acceptors (Lipinski definition) is 4. The van der Waals surface area contributed by atoms with Gasteiger partial charge in [-0.3, -0.25) is 9.59 Å². The quantitative estimate of drug-likeness (QED) is 0.802. The summed E-state index contributed by atoms with van der Waals surface area (Å²) in [5.74, 6) is -3.88. The summed E-state index contributed by atoms with van der Waals surface area (Å²) in [5.41, 5.74) is 0.579. The first-order chi connectivity index (χ1) is 8.78. The minimum Gasteiger partial charge on any atom is -0.481 e. The van der Waals surface area contributed by atoms with Crippen molar-refractivity contribution < 1.29 is 29.3 Å². The first kappa shape index (κ1) is 13.2. The van der Waals surface area contributed by atoms with Gasteiger partial charge < -0.3 is 19.7 Å². The molecule has 0 aromatic heterocycles. The number of aliphatic carboxylic acids is 2. The van der Waals surface area contributed by atoms with Crippen LogP contribution in [0.5, 0.6) is 11.5 Å². The first-order valence-electron chi connectivity index (χ1n) is 5.75. The summed E-state index contributed by atoms with van der Waals surface area (Å²) in [6.07, 6.45) is -0.0955. The van der Waals surface area contributed by atoms with E-state index in [1.54, 1.807) is 32.0 Å². The molecule has 1 aromatic rings. The maximum absolute atomic E-state index is 10.8. The van der Waals surface area contributed by atoms with Crippen LogP contribution in [0.1, 0.15) is 19.4 Å². The van der Waals surface area contributed by atoms with Crippen LogP contribution in [0.15, 0.2) is 18.2 Å². The van der Waals surface area contributed by atoms with Gasteiger partial charge in [-0.15, -0.1) is 0 Å². The molecule has 0 amide bonds. The zero-order valence-electron chi connectivity index (χ0n) is 10.5. The second kappa shape index (κ2) is 4.46. The van der Waals surface area contributed by atoms with Crippen LogP contribution in [0, 0.1) is 5.92 Å². The van der Waals surface area contributed by atoms with Crippen molar-refractivity contribution in [3.8, 4) is 11.5 Å². The second-order valence-corrected chi connectivity index (χ2v) is 4.82. The molecule has 19 heavy (non-hydrogen) atoms. The number of rotatable bonds is 4. The van der Waals surface area contributed by atoms with Gasteiger partial charge in [-0.1, -0.05) is 6.07 Å². The topological polar surface area (TPSA) is 93.1 Å². The Labute approximate surface area is 109 Å². The van der Waals surface area contributed by atoms with Gasteiger partial charge in [0.1, 0.15) is 0 Å². The van der Waals surface area contributed by atoms with E-state index in [4.69, 9.17) is 19.7 Å². The van der Waals surface area contributed by atoms with Gasteiger partial charge in [-0.2, -0.15) is 0 Å². The molecule has 6 heteroatoms. The summed E-state index contributed by atoms with van der Waals surface area (Å²) in [4.78, 5) is 21.7.